The summed E-state index contributed by atoms with van der Waals surface area (Å²) >= 11 is 0. The third-order valence-corrected chi connectivity index (χ3v) is 2.10. The van der Waals surface area contributed by atoms with Crippen molar-refractivity contribution >= 4 is 17.8 Å². The van der Waals surface area contributed by atoms with E-state index in [0.29, 0.717) is 0 Å². The van der Waals surface area contributed by atoms with Crippen LogP contribution in [0.1, 0.15) is 0 Å². The predicted molar refractivity (Wildman–Crippen MR) is 76.8 cm³/mol. The van der Waals surface area contributed by atoms with Crippen LogP contribution in [0.5, 0.6) is 0 Å². The van der Waals surface area contributed by atoms with E-state index >= 15 is 0 Å². The lowest BCUT2D eigenvalue weighted by Gasteiger charge is -2.21. The molecule has 0 aliphatic rings. The van der Waals surface area contributed by atoms with Crippen LogP contribution in [0, 0.1) is 0 Å². The van der Waals surface area contributed by atoms with E-state index in [-0.39, 0.29) is 17.8 Å². The van der Waals surface area contributed by atoms with Gasteiger partial charge in [-0.05, 0) is 0 Å². The zero-order valence-electron chi connectivity index (χ0n) is 12.4. The molecule has 0 unspecified atom stereocenters. The van der Waals surface area contributed by atoms with Gasteiger partial charge in [-0.2, -0.15) is 15.0 Å². The minimum atomic E-state index is -0.545. The number of ether oxygens (including phenoxy) is 1. The minimum Gasteiger partial charge on any atom is -0.388 e. The Balaban J connectivity index is 0.00000135. The van der Waals surface area contributed by atoms with Gasteiger partial charge in [-0.3, -0.25) is 9.80 Å². The number of aliphatic hydroxyl groups excluding tert-OH is 5. The Hall–Kier alpha value is -1.83. The summed E-state index contributed by atoms with van der Waals surface area (Å²) in [5.74, 6) is -0.211. The first-order chi connectivity index (χ1) is 10.6. The summed E-state index contributed by atoms with van der Waals surface area (Å²) < 4.78 is 4.25. The van der Waals surface area contributed by atoms with E-state index in [0.717, 1.165) is 9.80 Å². The third-order valence-electron chi connectivity index (χ3n) is 2.10. The molecule has 0 saturated heterocycles. The normalized spacial score (nSPS) is 9.77. The van der Waals surface area contributed by atoms with Gasteiger partial charge in [0, 0.05) is 14.2 Å². The molecule has 12 heteroatoms. The largest absolute Gasteiger partial charge is 0.388 e. The molecule has 0 fully saturated rings. The Morgan fingerprint density at radius 1 is 0.818 bits per heavy atom. The molecule has 6 N–H and O–H groups in total. The van der Waals surface area contributed by atoms with Crippen molar-refractivity contribution in [3.05, 3.63) is 0 Å². The average molecular weight is 322 g/mol. The maximum atomic E-state index is 9.03. The number of hydrogen-bond acceptors (Lipinski definition) is 12. The van der Waals surface area contributed by atoms with Crippen LogP contribution in [-0.2, 0) is 4.74 Å². The molecule has 0 bridgehead atoms. The van der Waals surface area contributed by atoms with Gasteiger partial charge in [-0.25, -0.2) is 0 Å². The summed E-state index contributed by atoms with van der Waals surface area (Å²) in [5, 5.41) is 47.3. The van der Waals surface area contributed by atoms with Crippen LogP contribution in [0.15, 0.2) is 0 Å². The SMILES string of the molecule is COC.OCNc1nc(N(CO)CO)nc(N(CO)CO)n1. The Labute approximate surface area is 127 Å². The molecule has 1 rings (SSSR count). The van der Waals surface area contributed by atoms with Crippen molar-refractivity contribution in [2.45, 2.75) is 0 Å². The summed E-state index contributed by atoms with van der Waals surface area (Å²) in [7, 11) is 3.25. The first-order valence-corrected chi connectivity index (χ1v) is 6.05. The zero-order valence-corrected chi connectivity index (χ0v) is 12.4. The van der Waals surface area contributed by atoms with E-state index < -0.39 is 33.7 Å². The van der Waals surface area contributed by atoms with Crippen LogP contribution >= 0.6 is 0 Å². The minimum absolute atomic E-state index is 0.0405. The molecule has 128 valence electrons. The van der Waals surface area contributed by atoms with E-state index in [4.69, 9.17) is 25.5 Å². The fourth-order valence-electron chi connectivity index (χ4n) is 1.13. The lowest BCUT2D eigenvalue weighted by atomic mass is 10.7. The van der Waals surface area contributed by atoms with Crippen molar-refractivity contribution in [3.8, 4) is 0 Å². The molecule has 0 amide bonds. The van der Waals surface area contributed by atoms with Gasteiger partial charge in [0.05, 0.1) is 0 Å². The van der Waals surface area contributed by atoms with Gasteiger partial charge >= 0.3 is 0 Å². The first-order valence-electron chi connectivity index (χ1n) is 6.05. The third kappa shape index (κ3) is 6.30. The van der Waals surface area contributed by atoms with Gasteiger partial charge in [-0.15, -0.1) is 0 Å². The van der Waals surface area contributed by atoms with Crippen LogP contribution in [0.2, 0.25) is 0 Å². The molecule has 0 radical (unpaired) electrons. The molecule has 0 atom stereocenters. The van der Waals surface area contributed by atoms with Gasteiger partial charge in [-0.1, -0.05) is 0 Å². The van der Waals surface area contributed by atoms with Gasteiger partial charge in [0.15, 0.2) is 0 Å². The van der Waals surface area contributed by atoms with Crippen molar-refractivity contribution < 1.29 is 30.3 Å². The summed E-state index contributed by atoms with van der Waals surface area (Å²) in [5.41, 5.74) is 0. The predicted octanol–water partition coefficient (Wildman–Crippen LogP) is -3.09. The van der Waals surface area contributed by atoms with E-state index in [1.807, 2.05) is 0 Å². The van der Waals surface area contributed by atoms with Crippen molar-refractivity contribution in [1.82, 2.24) is 15.0 Å². The maximum absolute atomic E-state index is 9.03. The molecular formula is C10H22N6O6. The van der Waals surface area contributed by atoms with Crippen molar-refractivity contribution in [3.63, 3.8) is 0 Å². The number of nitrogens with one attached hydrogen (secondary N) is 1. The average Bonchev–Trinajstić information content (AvgIpc) is 2.51. The first kappa shape index (κ1) is 20.2. The highest BCUT2D eigenvalue weighted by atomic mass is 16.4. The number of aliphatic hydroxyl groups is 5. The maximum Gasteiger partial charge on any atom is 0.235 e. The number of anilines is 3. The number of hydrogen-bond donors (Lipinski definition) is 6. The fourth-order valence-corrected chi connectivity index (χ4v) is 1.13. The number of methoxy groups -OCH3 is 1. The summed E-state index contributed by atoms with van der Waals surface area (Å²) in [6, 6.07) is 0. The molecule has 1 aromatic heterocycles. The number of rotatable bonds is 8. The van der Waals surface area contributed by atoms with Crippen LogP contribution in [0.25, 0.3) is 0 Å². The molecule has 0 aliphatic carbocycles. The topological polar surface area (TPSA) is 168 Å². The van der Waals surface area contributed by atoms with Crippen LogP contribution < -0.4 is 15.1 Å². The molecule has 0 aromatic carbocycles. The van der Waals surface area contributed by atoms with Crippen molar-refractivity contribution in [2.24, 2.45) is 0 Å². The molecule has 22 heavy (non-hydrogen) atoms. The smallest absolute Gasteiger partial charge is 0.235 e. The van der Waals surface area contributed by atoms with Crippen LogP contribution in [-0.4, -0.2) is 88.4 Å². The fraction of sp³-hybridized carbons (Fsp3) is 0.700. The Bertz CT molecular complexity index is 373. The van der Waals surface area contributed by atoms with E-state index in [2.05, 4.69) is 25.0 Å². The zero-order chi connectivity index (χ0) is 17.0. The molecule has 0 saturated carbocycles. The van der Waals surface area contributed by atoms with Crippen molar-refractivity contribution in [1.29, 1.82) is 0 Å². The molecule has 0 aliphatic heterocycles. The van der Waals surface area contributed by atoms with Gasteiger partial charge in [0.1, 0.15) is 33.7 Å². The molecule has 1 aromatic rings. The van der Waals surface area contributed by atoms with Gasteiger partial charge < -0.3 is 35.6 Å². The lowest BCUT2D eigenvalue weighted by molar-refractivity contribution is 0.217. The molecule has 1 heterocycles. The monoisotopic (exact) mass is 322 g/mol. The summed E-state index contributed by atoms with van der Waals surface area (Å²) in [6.07, 6.45) is 0. The second-order valence-electron chi connectivity index (χ2n) is 3.65. The second-order valence-corrected chi connectivity index (χ2v) is 3.65. The molecule has 12 nitrogen and oxygen atoms in total. The van der Waals surface area contributed by atoms with E-state index in [1.165, 1.54) is 0 Å². The van der Waals surface area contributed by atoms with Crippen molar-refractivity contribution in [2.75, 3.05) is 63.0 Å². The van der Waals surface area contributed by atoms with E-state index in [1.54, 1.807) is 14.2 Å². The number of nitrogens with zero attached hydrogens (tertiary/aromatic N) is 5. The molecular weight excluding hydrogens is 300 g/mol. The Kier molecular flexibility index (Phi) is 10.8. The highest BCUT2D eigenvalue weighted by Crippen LogP contribution is 2.15. The van der Waals surface area contributed by atoms with E-state index in [9.17, 15) is 0 Å². The van der Waals surface area contributed by atoms with Crippen LogP contribution in [0.4, 0.5) is 17.8 Å². The highest BCUT2D eigenvalue weighted by Gasteiger charge is 2.15. The summed E-state index contributed by atoms with van der Waals surface area (Å²) in [4.78, 5) is 13.5. The highest BCUT2D eigenvalue weighted by molar-refractivity contribution is 5.44. The standard InChI is InChI=1S/C8H16N6O5.C2H6O/c15-1-9-6-10-7(13(2-16)3-17)12-8(11-6)14(4-18)5-19;1-3-2/h15-19H,1-5H2,(H,9,10,11,12);1-2H3. The van der Waals surface area contributed by atoms with Gasteiger partial charge in [0.25, 0.3) is 0 Å². The Morgan fingerprint density at radius 2 is 1.18 bits per heavy atom. The Morgan fingerprint density at radius 3 is 1.45 bits per heavy atom. The van der Waals surface area contributed by atoms with Gasteiger partial charge in [0.2, 0.25) is 17.8 Å². The second kappa shape index (κ2) is 11.8. The number of aromatic nitrogens is 3. The quantitative estimate of drug-likeness (QED) is 0.267. The van der Waals surface area contributed by atoms with Crippen LogP contribution in [0.3, 0.4) is 0 Å². The summed E-state index contributed by atoms with van der Waals surface area (Å²) in [6.45, 7) is -2.62. The molecule has 0 spiro atoms. The lowest BCUT2D eigenvalue weighted by Crippen LogP contribution is -2.31.